The number of benzene rings is 1. The molecule has 1 amide bonds. The molecule has 0 spiro atoms. The lowest BCUT2D eigenvalue weighted by molar-refractivity contribution is -0.903. The van der Waals surface area contributed by atoms with Gasteiger partial charge in [0.25, 0.3) is 0 Å². The zero-order valence-corrected chi connectivity index (χ0v) is 22.6. The van der Waals surface area contributed by atoms with Gasteiger partial charge in [-0.15, -0.1) is 0 Å². The molecule has 0 bridgehead atoms. The molecule has 1 aromatic rings. The fourth-order valence-corrected chi connectivity index (χ4v) is 4.90. The van der Waals surface area contributed by atoms with Crippen LogP contribution in [-0.4, -0.2) is 77.3 Å². The van der Waals surface area contributed by atoms with E-state index in [0.717, 1.165) is 24.0 Å². The van der Waals surface area contributed by atoms with Crippen LogP contribution in [0.3, 0.4) is 0 Å². The Kier molecular flexibility index (Phi) is 12.2. The Morgan fingerprint density at radius 1 is 0.850 bits per heavy atom. The number of halogens is 10. The maximum Gasteiger partial charge on any atom is 0.467 e. The van der Waals surface area contributed by atoms with E-state index >= 15 is 0 Å². The molecule has 0 aliphatic carbocycles. The molecule has 1 rings (SSSR count). The molecule has 0 unspecified atom stereocenters. The van der Waals surface area contributed by atoms with Crippen LogP contribution < -0.4 is 5.32 Å². The molecule has 0 fully saturated rings. The van der Waals surface area contributed by atoms with E-state index in [1.807, 2.05) is 6.07 Å². The fourth-order valence-electron chi connectivity index (χ4n) is 2.53. The first kappa shape index (κ1) is 37.6. The Balaban J connectivity index is 0.000000763. The molecular weight excluding hydrogens is 616 g/mol. The summed E-state index contributed by atoms with van der Waals surface area (Å²) < 4.78 is 162. The number of rotatable bonds is 11. The Bertz CT molecular complexity index is 1180. The Labute approximate surface area is 223 Å². The van der Waals surface area contributed by atoms with E-state index in [1.54, 1.807) is 6.92 Å². The number of nitrogens with one attached hydrogen (secondary N) is 1. The highest BCUT2D eigenvalue weighted by Crippen LogP contribution is 2.47. The van der Waals surface area contributed by atoms with Gasteiger partial charge in [0.2, 0.25) is 5.91 Å². The molecule has 1 aromatic carbocycles. The first-order valence-electron chi connectivity index (χ1n) is 10.5. The van der Waals surface area contributed by atoms with Gasteiger partial charge in [-0.25, -0.2) is 16.8 Å². The van der Waals surface area contributed by atoms with E-state index in [9.17, 15) is 65.5 Å². The highest BCUT2D eigenvalue weighted by Gasteiger charge is 2.68. The second kappa shape index (κ2) is 13.0. The van der Waals surface area contributed by atoms with Gasteiger partial charge in [-0.3, -0.25) is 4.79 Å². The molecule has 0 radical (unpaired) electrons. The third-order valence-electron chi connectivity index (χ3n) is 4.57. The minimum atomic E-state index is -7.62. The molecule has 1 N–H and O–H groups in total. The Morgan fingerprint density at radius 2 is 1.25 bits per heavy atom. The molecule has 0 aliphatic rings. The van der Waals surface area contributed by atoms with Gasteiger partial charge in [-0.1, -0.05) is 36.9 Å². The average molecular weight is 642 g/mol. The third-order valence-corrected chi connectivity index (χ3v) is 7.90. The molecule has 0 saturated carbocycles. The molecule has 8 nitrogen and oxygen atoms in total. The van der Waals surface area contributed by atoms with Crippen molar-refractivity contribution in [3.8, 4) is 0 Å². The van der Waals surface area contributed by atoms with Gasteiger partial charge in [-0.2, -0.15) is 43.9 Å². The Hall–Kier alpha value is -2.45. The highest BCUT2D eigenvalue weighted by atomic mass is 32.3. The number of quaternary nitrogens is 1. The van der Waals surface area contributed by atoms with Crippen LogP contribution in [-0.2, 0) is 31.4 Å². The summed E-state index contributed by atoms with van der Waals surface area (Å²) in [5.74, 6) is -0.0478. The van der Waals surface area contributed by atoms with Crippen LogP contribution in [0.25, 0.3) is 4.13 Å². The number of carbonyl (C=O) groups excluding carboxylic acids is 1. The largest absolute Gasteiger partial charge is 0.467 e. The molecular formula is C20H25F10N3O5S2. The molecule has 20 heteroatoms. The lowest BCUT2D eigenvalue weighted by atomic mass is 10.2. The summed E-state index contributed by atoms with van der Waals surface area (Å²) in [5.41, 5.74) is 1.91. The summed E-state index contributed by atoms with van der Waals surface area (Å²) >= 11 is 0. The van der Waals surface area contributed by atoms with E-state index < -0.39 is 42.9 Å². The number of nitrogens with zero attached hydrogens (tertiary/aromatic N) is 2. The van der Waals surface area contributed by atoms with Crippen LogP contribution in [0.4, 0.5) is 43.9 Å². The van der Waals surface area contributed by atoms with E-state index in [-0.39, 0.29) is 5.91 Å². The Morgan fingerprint density at radius 3 is 1.60 bits per heavy atom. The summed E-state index contributed by atoms with van der Waals surface area (Å²) in [6.45, 7) is 8.10. The van der Waals surface area contributed by atoms with Crippen molar-refractivity contribution in [2.45, 2.75) is 42.8 Å². The van der Waals surface area contributed by atoms with Crippen molar-refractivity contribution >= 4 is 26.0 Å². The number of carbonyl (C=O) groups is 1. The van der Waals surface area contributed by atoms with Gasteiger partial charge in [0.05, 0.1) is 20.6 Å². The molecule has 0 aliphatic heterocycles. The topological polar surface area (TPSA) is 111 Å². The van der Waals surface area contributed by atoms with Gasteiger partial charge in [0, 0.05) is 24.1 Å². The normalized spacial score (nSPS) is 13.7. The second-order valence-corrected chi connectivity index (χ2v) is 12.3. The number of amides is 1. The minimum absolute atomic E-state index is 0.0478. The van der Waals surface area contributed by atoms with Crippen LogP contribution in [0, 0.1) is 0 Å². The lowest BCUT2D eigenvalue weighted by Crippen LogP contribution is -2.48. The fraction of sp³-hybridized carbons (Fsp3) is 0.550. The first-order chi connectivity index (χ1) is 17.6. The van der Waals surface area contributed by atoms with Crippen molar-refractivity contribution < 1.29 is 70.0 Å². The van der Waals surface area contributed by atoms with Gasteiger partial charge in [0.15, 0.2) is 20.0 Å². The number of hydrogen-bond acceptors (Lipinski definition) is 5. The van der Waals surface area contributed by atoms with Gasteiger partial charge < -0.3 is 13.9 Å². The number of sulfonamides is 2. The van der Waals surface area contributed by atoms with Crippen molar-refractivity contribution in [3.63, 3.8) is 0 Å². The SMILES string of the molecule is C=C(C)C(=O)NCCC[N+](C)(C)Cc1ccccc1.O=S(=O)([N-]S(=O)(=O)C(F)(F)C(F)(F)F)C(F)(F)C(F)(F)F. The van der Waals surface area contributed by atoms with Gasteiger partial charge in [-0.05, 0) is 6.92 Å². The maximum absolute atomic E-state index is 12.3. The van der Waals surface area contributed by atoms with Crippen LogP contribution >= 0.6 is 0 Å². The predicted octanol–water partition coefficient (Wildman–Crippen LogP) is 4.68. The van der Waals surface area contributed by atoms with Crippen molar-refractivity contribution in [3.05, 3.63) is 52.2 Å². The molecule has 0 saturated heterocycles. The van der Waals surface area contributed by atoms with E-state index in [4.69, 9.17) is 0 Å². The molecule has 0 heterocycles. The van der Waals surface area contributed by atoms with Gasteiger partial charge >= 0.3 is 22.9 Å². The van der Waals surface area contributed by atoms with Crippen LogP contribution in [0.15, 0.2) is 42.5 Å². The zero-order chi connectivity index (χ0) is 32.0. The molecule has 40 heavy (non-hydrogen) atoms. The average Bonchev–Trinajstić information content (AvgIpc) is 2.74. The number of hydrogen-bond donors (Lipinski definition) is 1. The molecule has 0 atom stereocenters. The van der Waals surface area contributed by atoms with Crippen LogP contribution in [0.1, 0.15) is 18.9 Å². The quantitative estimate of drug-likeness (QED) is 0.163. The molecule has 232 valence electrons. The summed E-state index contributed by atoms with van der Waals surface area (Å²) in [6, 6.07) is 10.5. The van der Waals surface area contributed by atoms with Crippen molar-refractivity contribution in [1.29, 1.82) is 0 Å². The summed E-state index contributed by atoms with van der Waals surface area (Å²) in [4.78, 5) is 11.3. The van der Waals surface area contributed by atoms with E-state index in [2.05, 4.69) is 50.3 Å². The van der Waals surface area contributed by atoms with Crippen molar-refractivity contribution in [2.24, 2.45) is 0 Å². The van der Waals surface area contributed by atoms with Crippen LogP contribution in [0.2, 0.25) is 0 Å². The van der Waals surface area contributed by atoms with Gasteiger partial charge in [0.1, 0.15) is 6.54 Å². The van der Waals surface area contributed by atoms with E-state index in [0.29, 0.717) is 16.2 Å². The zero-order valence-electron chi connectivity index (χ0n) is 21.0. The smallest absolute Gasteiger partial charge is 0.425 e. The standard InChI is InChI=1S/C16H24N2O.C4F10NO4S2/c1-14(2)16(19)17-11-8-12-18(3,4)13-15-9-6-5-7-10-15;5-1(6,7)3(11,12)20(16,17)15-21(18,19)4(13,14)2(8,9)10/h5-7,9-10H,1,8,11-13H2,2-4H3;/q;-1/p+1. The van der Waals surface area contributed by atoms with Crippen molar-refractivity contribution in [1.82, 2.24) is 5.32 Å². The molecule has 0 aromatic heterocycles. The third kappa shape index (κ3) is 10.2. The summed E-state index contributed by atoms with van der Waals surface area (Å²) in [6.07, 6.45) is -13.0. The maximum atomic E-state index is 12.3. The predicted molar refractivity (Wildman–Crippen MR) is 123 cm³/mol. The summed E-state index contributed by atoms with van der Waals surface area (Å²) in [7, 11) is -10.8. The number of alkyl halides is 10. The monoisotopic (exact) mass is 641 g/mol. The van der Waals surface area contributed by atoms with Crippen LogP contribution in [0.5, 0.6) is 0 Å². The second-order valence-electron chi connectivity index (χ2n) is 8.75. The highest BCUT2D eigenvalue weighted by molar-refractivity contribution is 8.13. The lowest BCUT2D eigenvalue weighted by Gasteiger charge is -2.31. The minimum Gasteiger partial charge on any atom is -0.425 e. The summed E-state index contributed by atoms with van der Waals surface area (Å²) in [5, 5.41) is -11.1. The first-order valence-corrected chi connectivity index (χ1v) is 13.4. The van der Waals surface area contributed by atoms with E-state index in [1.165, 1.54) is 5.56 Å². The van der Waals surface area contributed by atoms with Crippen molar-refractivity contribution in [2.75, 3.05) is 27.2 Å².